The van der Waals surface area contributed by atoms with Crippen LogP contribution in [0.15, 0.2) is 53.9 Å². The predicted octanol–water partition coefficient (Wildman–Crippen LogP) is 1.71. The highest BCUT2D eigenvalue weighted by Gasteiger charge is 2.14. The van der Waals surface area contributed by atoms with Crippen molar-refractivity contribution in [2.75, 3.05) is 11.1 Å². The summed E-state index contributed by atoms with van der Waals surface area (Å²) in [5.41, 5.74) is 6.86. The Kier molecular flexibility index (Phi) is 5.28. The number of carbonyl (C=O) groups excluding carboxylic acids is 2. The van der Waals surface area contributed by atoms with E-state index in [0.29, 0.717) is 16.7 Å². The number of benzene rings is 1. The third kappa shape index (κ3) is 3.89. The lowest BCUT2D eigenvalue weighted by atomic mass is 10.1. The van der Waals surface area contributed by atoms with Gasteiger partial charge < -0.3 is 15.6 Å². The number of hydrogen-bond donors (Lipinski definition) is 2. The van der Waals surface area contributed by atoms with Crippen molar-refractivity contribution < 1.29 is 9.59 Å². The molecule has 2 aromatic heterocycles. The summed E-state index contributed by atoms with van der Waals surface area (Å²) in [5, 5.41) is 11.6. The Labute approximate surface area is 153 Å². The van der Waals surface area contributed by atoms with E-state index in [1.54, 1.807) is 36.7 Å². The lowest BCUT2D eigenvalue weighted by Crippen LogP contribution is -2.19. The molecular weight excluding hydrogens is 352 g/mol. The van der Waals surface area contributed by atoms with E-state index in [9.17, 15) is 9.59 Å². The van der Waals surface area contributed by atoms with Gasteiger partial charge in [0.2, 0.25) is 5.91 Å². The Morgan fingerprint density at radius 1 is 1.15 bits per heavy atom. The van der Waals surface area contributed by atoms with E-state index in [0.717, 1.165) is 5.56 Å². The van der Waals surface area contributed by atoms with Gasteiger partial charge in [-0.15, -0.1) is 10.2 Å². The average Bonchev–Trinajstić information content (AvgIpc) is 3.01. The summed E-state index contributed by atoms with van der Waals surface area (Å²) in [5.74, 6) is -0.0505. The van der Waals surface area contributed by atoms with Gasteiger partial charge in [-0.2, -0.15) is 0 Å². The summed E-state index contributed by atoms with van der Waals surface area (Å²) in [6, 6.07) is 10.3. The van der Waals surface area contributed by atoms with Gasteiger partial charge in [0.15, 0.2) is 11.0 Å². The molecule has 132 valence electrons. The number of thioether (sulfide) groups is 1. The molecule has 0 saturated carbocycles. The Balaban J connectivity index is 1.66. The van der Waals surface area contributed by atoms with E-state index in [-0.39, 0.29) is 17.2 Å². The van der Waals surface area contributed by atoms with Crippen LogP contribution < -0.4 is 11.1 Å². The van der Waals surface area contributed by atoms with Gasteiger partial charge in [-0.05, 0) is 24.3 Å². The van der Waals surface area contributed by atoms with Crippen molar-refractivity contribution in [3.63, 3.8) is 0 Å². The first-order chi connectivity index (χ1) is 12.6. The number of pyridine rings is 1. The molecule has 2 heterocycles. The Morgan fingerprint density at radius 3 is 2.62 bits per heavy atom. The summed E-state index contributed by atoms with van der Waals surface area (Å²) in [7, 11) is 1.83. The van der Waals surface area contributed by atoms with Crippen molar-refractivity contribution in [2.45, 2.75) is 5.16 Å². The van der Waals surface area contributed by atoms with Crippen molar-refractivity contribution in [3.05, 3.63) is 54.4 Å². The van der Waals surface area contributed by atoms with E-state index >= 15 is 0 Å². The number of amides is 2. The first kappa shape index (κ1) is 17.6. The molecule has 26 heavy (non-hydrogen) atoms. The number of nitrogens with two attached hydrogens (primary N) is 1. The zero-order valence-electron chi connectivity index (χ0n) is 13.9. The van der Waals surface area contributed by atoms with Crippen LogP contribution in [0.4, 0.5) is 5.69 Å². The minimum Gasteiger partial charge on any atom is -0.366 e. The fourth-order valence-electron chi connectivity index (χ4n) is 2.32. The second kappa shape index (κ2) is 7.79. The summed E-state index contributed by atoms with van der Waals surface area (Å²) >= 11 is 1.25. The molecule has 8 nitrogen and oxygen atoms in total. The minimum atomic E-state index is -0.594. The SMILES string of the molecule is Cn1c(SCC(=O)Nc2ccccc2C(N)=O)nnc1-c1ccncc1. The zero-order chi connectivity index (χ0) is 18.5. The molecule has 0 atom stereocenters. The lowest BCUT2D eigenvalue weighted by molar-refractivity contribution is -0.113. The highest BCUT2D eigenvalue weighted by molar-refractivity contribution is 7.99. The minimum absolute atomic E-state index is 0.120. The molecule has 3 rings (SSSR count). The van der Waals surface area contributed by atoms with Crippen LogP contribution in [-0.2, 0) is 11.8 Å². The molecule has 0 aliphatic carbocycles. The summed E-state index contributed by atoms with van der Waals surface area (Å²) in [6.07, 6.45) is 3.36. The number of nitrogens with zero attached hydrogens (tertiary/aromatic N) is 4. The molecule has 0 aliphatic rings. The molecule has 0 radical (unpaired) electrons. The maximum absolute atomic E-state index is 12.2. The van der Waals surface area contributed by atoms with Gasteiger partial charge in [0, 0.05) is 25.0 Å². The number of primary amides is 1. The normalized spacial score (nSPS) is 10.5. The highest BCUT2D eigenvalue weighted by Crippen LogP contribution is 2.22. The van der Waals surface area contributed by atoms with Gasteiger partial charge in [-0.3, -0.25) is 14.6 Å². The number of hydrogen-bond acceptors (Lipinski definition) is 6. The molecule has 3 N–H and O–H groups in total. The molecule has 9 heteroatoms. The number of nitrogens with one attached hydrogen (secondary N) is 1. The number of aromatic nitrogens is 4. The van der Waals surface area contributed by atoms with E-state index < -0.39 is 5.91 Å². The fraction of sp³-hybridized carbons (Fsp3) is 0.118. The smallest absolute Gasteiger partial charge is 0.250 e. The van der Waals surface area contributed by atoms with Crippen molar-refractivity contribution in [3.8, 4) is 11.4 Å². The first-order valence-corrected chi connectivity index (χ1v) is 8.66. The number of rotatable bonds is 6. The van der Waals surface area contributed by atoms with Crippen LogP contribution in [0.5, 0.6) is 0 Å². The summed E-state index contributed by atoms with van der Waals surface area (Å²) in [4.78, 5) is 27.6. The van der Waals surface area contributed by atoms with E-state index in [1.165, 1.54) is 11.8 Å². The van der Waals surface area contributed by atoms with Crippen LogP contribution >= 0.6 is 11.8 Å². The summed E-state index contributed by atoms with van der Waals surface area (Å²) < 4.78 is 1.81. The molecular formula is C17H16N6O2S. The molecule has 1 aromatic carbocycles. The van der Waals surface area contributed by atoms with Crippen molar-refractivity contribution in [1.82, 2.24) is 19.7 Å². The maximum Gasteiger partial charge on any atom is 0.250 e. The summed E-state index contributed by atoms with van der Waals surface area (Å²) in [6.45, 7) is 0. The average molecular weight is 368 g/mol. The molecule has 0 fully saturated rings. The van der Waals surface area contributed by atoms with Gasteiger partial charge in [0.1, 0.15) is 0 Å². The Hall–Kier alpha value is -3.20. The zero-order valence-corrected chi connectivity index (χ0v) is 14.7. The van der Waals surface area contributed by atoms with Crippen molar-refractivity contribution >= 4 is 29.3 Å². The lowest BCUT2D eigenvalue weighted by Gasteiger charge is -2.08. The van der Waals surface area contributed by atoms with Gasteiger partial charge in [0.25, 0.3) is 5.91 Å². The molecule has 2 amide bonds. The van der Waals surface area contributed by atoms with Crippen LogP contribution in [0.25, 0.3) is 11.4 Å². The fourth-order valence-corrected chi connectivity index (χ4v) is 3.03. The third-order valence-corrected chi connectivity index (χ3v) is 4.59. The van der Waals surface area contributed by atoms with Crippen molar-refractivity contribution in [2.24, 2.45) is 12.8 Å². The second-order valence-electron chi connectivity index (χ2n) is 5.35. The monoisotopic (exact) mass is 368 g/mol. The Morgan fingerprint density at radius 2 is 1.88 bits per heavy atom. The maximum atomic E-state index is 12.2. The highest BCUT2D eigenvalue weighted by atomic mass is 32.2. The topological polar surface area (TPSA) is 116 Å². The van der Waals surface area contributed by atoms with E-state index in [4.69, 9.17) is 5.73 Å². The van der Waals surface area contributed by atoms with Gasteiger partial charge >= 0.3 is 0 Å². The van der Waals surface area contributed by atoms with Crippen molar-refractivity contribution in [1.29, 1.82) is 0 Å². The van der Waals surface area contributed by atoms with Crippen LogP contribution in [-0.4, -0.2) is 37.3 Å². The first-order valence-electron chi connectivity index (χ1n) is 7.67. The molecule has 0 aliphatic heterocycles. The molecule has 0 unspecified atom stereocenters. The van der Waals surface area contributed by atoms with Gasteiger partial charge in [0.05, 0.1) is 17.0 Å². The number of carbonyl (C=O) groups is 2. The van der Waals surface area contributed by atoms with Crippen LogP contribution in [0.1, 0.15) is 10.4 Å². The van der Waals surface area contributed by atoms with E-state index in [1.807, 2.05) is 23.7 Å². The molecule has 0 saturated heterocycles. The number of anilines is 1. The quantitative estimate of drug-likeness (QED) is 0.640. The Bertz CT molecular complexity index is 941. The molecule has 0 bridgehead atoms. The molecule has 3 aromatic rings. The predicted molar refractivity (Wildman–Crippen MR) is 98.5 cm³/mol. The van der Waals surface area contributed by atoms with E-state index in [2.05, 4.69) is 20.5 Å². The van der Waals surface area contributed by atoms with Crippen LogP contribution in [0.3, 0.4) is 0 Å². The van der Waals surface area contributed by atoms with Crippen LogP contribution in [0.2, 0.25) is 0 Å². The number of para-hydroxylation sites is 1. The second-order valence-corrected chi connectivity index (χ2v) is 6.29. The largest absolute Gasteiger partial charge is 0.366 e. The standard InChI is InChI=1S/C17H16N6O2S/c1-23-16(11-6-8-19-9-7-11)21-22-17(23)26-10-14(24)20-13-5-3-2-4-12(13)15(18)25/h2-9H,10H2,1H3,(H2,18,25)(H,20,24). The molecule has 0 spiro atoms. The van der Waals surface area contributed by atoms with Gasteiger partial charge in [-0.25, -0.2) is 0 Å². The third-order valence-electron chi connectivity index (χ3n) is 3.57. The van der Waals surface area contributed by atoms with Gasteiger partial charge in [-0.1, -0.05) is 23.9 Å². The van der Waals surface area contributed by atoms with Crippen LogP contribution in [0, 0.1) is 0 Å².